The van der Waals surface area contributed by atoms with Crippen molar-refractivity contribution in [2.75, 3.05) is 46.4 Å². The first kappa shape index (κ1) is 24.9. The lowest BCUT2D eigenvalue weighted by Crippen LogP contribution is -2.50. The van der Waals surface area contributed by atoms with E-state index in [1.165, 1.54) is 36.9 Å². The van der Waals surface area contributed by atoms with Gasteiger partial charge < -0.3 is 14.5 Å². The number of rotatable bonds is 10. The first-order chi connectivity index (χ1) is 15.9. The van der Waals surface area contributed by atoms with Gasteiger partial charge in [0.05, 0.1) is 11.5 Å². The molecule has 0 radical (unpaired) electrons. The minimum Gasteiger partial charge on any atom is -0.383 e. The van der Waals surface area contributed by atoms with E-state index in [2.05, 4.69) is 16.9 Å². The largest absolute Gasteiger partial charge is 0.383 e. The van der Waals surface area contributed by atoms with Gasteiger partial charge in [0.1, 0.15) is 0 Å². The first-order valence-corrected chi connectivity index (χ1v) is 12.6. The van der Waals surface area contributed by atoms with Crippen LogP contribution in [-0.2, 0) is 26.0 Å². The Kier molecular flexibility index (Phi) is 8.99. The molecule has 0 saturated carbocycles. The summed E-state index contributed by atoms with van der Waals surface area (Å²) in [6, 6.07) is 16.0. The van der Waals surface area contributed by atoms with Crippen LogP contribution in [0.5, 0.6) is 0 Å². The van der Waals surface area contributed by atoms with Crippen LogP contribution in [0, 0.1) is 0 Å². The zero-order chi connectivity index (χ0) is 23.7. The zero-order valence-electron chi connectivity index (χ0n) is 18.9. The number of piperazine rings is 1. The lowest BCUT2D eigenvalue weighted by atomic mass is 10.1. The van der Waals surface area contributed by atoms with Crippen LogP contribution in [0.2, 0.25) is 0 Å². The summed E-state index contributed by atoms with van der Waals surface area (Å²) in [5.41, 5.74) is 1.65. The number of sulfonamides is 1. The second kappa shape index (κ2) is 11.9. The molecular weight excluding hydrogens is 442 g/mol. The Hall–Kier alpha value is -2.75. The summed E-state index contributed by atoms with van der Waals surface area (Å²) in [6.07, 6.45) is 2.17. The van der Waals surface area contributed by atoms with Gasteiger partial charge in [-0.15, -0.1) is 0 Å². The van der Waals surface area contributed by atoms with Gasteiger partial charge in [0.2, 0.25) is 15.9 Å². The van der Waals surface area contributed by atoms with E-state index in [-0.39, 0.29) is 29.9 Å². The number of nitrogens with one attached hydrogen (secondary N) is 1. The van der Waals surface area contributed by atoms with Crippen LogP contribution in [0.25, 0.3) is 0 Å². The van der Waals surface area contributed by atoms with Gasteiger partial charge in [0, 0.05) is 51.8 Å². The molecule has 0 spiro atoms. The molecular formula is C24H31N3O5S. The van der Waals surface area contributed by atoms with Crippen molar-refractivity contribution in [2.45, 2.75) is 24.2 Å². The van der Waals surface area contributed by atoms with Crippen LogP contribution >= 0.6 is 0 Å². The van der Waals surface area contributed by atoms with Crippen molar-refractivity contribution in [3.63, 3.8) is 0 Å². The SMILES string of the molecule is COCCNS(=O)(=O)c1ccc(C(=O)N2CCN(C(=O)CCCc3ccccc3)CC2)cc1. The Morgan fingerprint density at radius 2 is 1.58 bits per heavy atom. The fourth-order valence-corrected chi connectivity index (χ4v) is 4.74. The van der Waals surface area contributed by atoms with E-state index >= 15 is 0 Å². The Bertz CT molecular complexity index is 1020. The maximum atomic E-state index is 12.8. The number of carbonyl (C=O) groups excluding carboxylic acids is 2. The van der Waals surface area contributed by atoms with Gasteiger partial charge in [-0.2, -0.15) is 0 Å². The number of methoxy groups -OCH3 is 1. The molecule has 2 aromatic rings. The van der Waals surface area contributed by atoms with Crippen molar-refractivity contribution in [3.05, 3.63) is 65.7 Å². The van der Waals surface area contributed by atoms with Gasteiger partial charge in [-0.25, -0.2) is 13.1 Å². The fraction of sp³-hybridized carbons (Fsp3) is 0.417. The maximum Gasteiger partial charge on any atom is 0.253 e. The highest BCUT2D eigenvalue weighted by atomic mass is 32.2. The average molecular weight is 474 g/mol. The minimum absolute atomic E-state index is 0.0982. The molecule has 0 aliphatic carbocycles. The third-order valence-electron chi connectivity index (χ3n) is 5.63. The maximum absolute atomic E-state index is 12.8. The van der Waals surface area contributed by atoms with Crippen molar-refractivity contribution < 1.29 is 22.7 Å². The molecule has 0 bridgehead atoms. The zero-order valence-corrected chi connectivity index (χ0v) is 19.7. The summed E-state index contributed by atoms with van der Waals surface area (Å²) in [7, 11) is -2.14. The molecule has 1 fully saturated rings. The van der Waals surface area contributed by atoms with E-state index in [0.29, 0.717) is 38.2 Å². The van der Waals surface area contributed by atoms with Gasteiger partial charge in [-0.05, 0) is 42.7 Å². The van der Waals surface area contributed by atoms with E-state index in [4.69, 9.17) is 4.74 Å². The molecule has 3 rings (SSSR count). The number of benzene rings is 2. The number of nitrogens with zero attached hydrogens (tertiary/aromatic N) is 2. The molecule has 9 heteroatoms. The molecule has 1 aliphatic heterocycles. The predicted octanol–water partition coefficient (Wildman–Crippen LogP) is 1.92. The second-order valence-electron chi connectivity index (χ2n) is 7.93. The average Bonchev–Trinajstić information content (AvgIpc) is 2.84. The Morgan fingerprint density at radius 3 is 2.21 bits per heavy atom. The topological polar surface area (TPSA) is 96.0 Å². The molecule has 0 aromatic heterocycles. The standard InChI is InChI=1S/C24H31N3O5S/c1-32-19-14-25-33(30,31)22-12-10-21(11-13-22)24(29)27-17-15-26(16-18-27)23(28)9-5-8-20-6-3-2-4-7-20/h2-4,6-7,10-13,25H,5,8-9,14-19H2,1H3. The Balaban J connectivity index is 1.46. The van der Waals surface area contributed by atoms with Gasteiger partial charge in [0.15, 0.2) is 0 Å². The summed E-state index contributed by atoms with van der Waals surface area (Å²) < 4.78 is 31.8. The highest BCUT2D eigenvalue weighted by Gasteiger charge is 2.25. The van der Waals surface area contributed by atoms with Crippen molar-refractivity contribution in [3.8, 4) is 0 Å². The van der Waals surface area contributed by atoms with E-state index in [0.717, 1.165) is 12.8 Å². The Morgan fingerprint density at radius 1 is 0.939 bits per heavy atom. The van der Waals surface area contributed by atoms with E-state index in [1.807, 2.05) is 23.1 Å². The summed E-state index contributed by atoms with van der Waals surface area (Å²) >= 11 is 0. The van der Waals surface area contributed by atoms with Crippen LogP contribution in [0.4, 0.5) is 0 Å². The van der Waals surface area contributed by atoms with Gasteiger partial charge >= 0.3 is 0 Å². The number of carbonyl (C=O) groups is 2. The molecule has 1 saturated heterocycles. The van der Waals surface area contributed by atoms with Crippen LogP contribution in [0.3, 0.4) is 0 Å². The number of ether oxygens (including phenoxy) is 1. The number of hydrogen-bond acceptors (Lipinski definition) is 5. The highest BCUT2D eigenvalue weighted by molar-refractivity contribution is 7.89. The summed E-state index contributed by atoms with van der Waals surface area (Å²) in [5.74, 6) is -0.0453. The van der Waals surface area contributed by atoms with E-state index < -0.39 is 10.0 Å². The van der Waals surface area contributed by atoms with Crippen LogP contribution in [0.15, 0.2) is 59.5 Å². The minimum atomic E-state index is -3.64. The molecule has 0 unspecified atom stereocenters. The molecule has 1 aliphatic rings. The van der Waals surface area contributed by atoms with E-state index in [1.54, 1.807) is 4.90 Å². The molecule has 1 heterocycles. The quantitative estimate of drug-likeness (QED) is 0.532. The number of hydrogen-bond donors (Lipinski definition) is 1. The first-order valence-electron chi connectivity index (χ1n) is 11.1. The molecule has 8 nitrogen and oxygen atoms in total. The molecule has 2 aromatic carbocycles. The summed E-state index contributed by atoms with van der Waals surface area (Å²) in [4.78, 5) is 28.9. The molecule has 1 N–H and O–H groups in total. The molecule has 0 atom stereocenters. The van der Waals surface area contributed by atoms with Crippen molar-refractivity contribution in [1.29, 1.82) is 0 Å². The van der Waals surface area contributed by atoms with E-state index in [9.17, 15) is 18.0 Å². The monoisotopic (exact) mass is 473 g/mol. The van der Waals surface area contributed by atoms with Gasteiger partial charge in [-0.3, -0.25) is 9.59 Å². The molecule has 2 amide bonds. The fourth-order valence-electron chi connectivity index (χ4n) is 3.73. The third-order valence-corrected chi connectivity index (χ3v) is 7.11. The van der Waals surface area contributed by atoms with Crippen LogP contribution < -0.4 is 4.72 Å². The lowest BCUT2D eigenvalue weighted by Gasteiger charge is -2.35. The normalized spacial score (nSPS) is 14.3. The summed E-state index contributed by atoms with van der Waals surface area (Å²) in [5, 5.41) is 0. The predicted molar refractivity (Wildman–Crippen MR) is 125 cm³/mol. The third kappa shape index (κ3) is 7.12. The summed E-state index contributed by atoms with van der Waals surface area (Å²) in [6.45, 7) is 2.38. The highest BCUT2D eigenvalue weighted by Crippen LogP contribution is 2.15. The smallest absolute Gasteiger partial charge is 0.253 e. The lowest BCUT2D eigenvalue weighted by molar-refractivity contribution is -0.132. The number of amides is 2. The molecule has 178 valence electrons. The van der Waals surface area contributed by atoms with Crippen LogP contribution in [-0.4, -0.2) is 76.5 Å². The van der Waals surface area contributed by atoms with Crippen molar-refractivity contribution >= 4 is 21.8 Å². The Labute approximate surface area is 195 Å². The molecule has 33 heavy (non-hydrogen) atoms. The van der Waals surface area contributed by atoms with Gasteiger partial charge in [-0.1, -0.05) is 30.3 Å². The second-order valence-corrected chi connectivity index (χ2v) is 9.69. The van der Waals surface area contributed by atoms with Crippen molar-refractivity contribution in [1.82, 2.24) is 14.5 Å². The van der Waals surface area contributed by atoms with Crippen molar-refractivity contribution in [2.24, 2.45) is 0 Å². The number of aryl methyl sites for hydroxylation is 1. The van der Waals surface area contributed by atoms with Crippen LogP contribution in [0.1, 0.15) is 28.8 Å². The van der Waals surface area contributed by atoms with Gasteiger partial charge in [0.25, 0.3) is 5.91 Å².